The SMILES string of the molecule is O=C(/C=C/c1cc(F)cc(F)c1)N1CCN(CCCN2CCC(c3ccccc3)CC2)C(=O)C1. The van der Waals surface area contributed by atoms with Crippen molar-refractivity contribution in [1.29, 1.82) is 0 Å². The molecule has 0 unspecified atom stereocenters. The van der Waals surface area contributed by atoms with Gasteiger partial charge in [0, 0.05) is 31.8 Å². The van der Waals surface area contributed by atoms with Crippen molar-refractivity contribution in [2.45, 2.75) is 25.2 Å². The van der Waals surface area contributed by atoms with Gasteiger partial charge in [0.1, 0.15) is 18.2 Å². The fourth-order valence-electron chi connectivity index (χ4n) is 4.78. The molecule has 0 spiro atoms. The lowest BCUT2D eigenvalue weighted by Gasteiger charge is -2.35. The predicted molar refractivity (Wildman–Crippen MR) is 128 cm³/mol. The van der Waals surface area contributed by atoms with Crippen molar-refractivity contribution in [1.82, 2.24) is 14.7 Å². The summed E-state index contributed by atoms with van der Waals surface area (Å²) in [6.45, 7) is 4.81. The van der Waals surface area contributed by atoms with Crippen LogP contribution in [0.15, 0.2) is 54.6 Å². The topological polar surface area (TPSA) is 43.9 Å². The first-order chi connectivity index (χ1) is 16.5. The summed E-state index contributed by atoms with van der Waals surface area (Å²) in [5.74, 6) is -1.15. The molecule has 0 saturated carbocycles. The largest absolute Gasteiger partial charge is 0.339 e. The fourth-order valence-corrected chi connectivity index (χ4v) is 4.78. The van der Waals surface area contributed by atoms with Gasteiger partial charge >= 0.3 is 0 Å². The highest BCUT2D eigenvalue weighted by atomic mass is 19.1. The molecule has 2 aromatic carbocycles. The van der Waals surface area contributed by atoms with Gasteiger partial charge in [-0.05, 0) is 74.2 Å². The van der Waals surface area contributed by atoms with Crippen LogP contribution in [-0.4, -0.2) is 72.3 Å². The average Bonchev–Trinajstić information content (AvgIpc) is 2.84. The first-order valence-corrected chi connectivity index (χ1v) is 12.0. The van der Waals surface area contributed by atoms with Crippen molar-refractivity contribution >= 4 is 17.9 Å². The Morgan fingerprint density at radius 2 is 1.65 bits per heavy atom. The van der Waals surface area contributed by atoms with E-state index in [9.17, 15) is 18.4 Å². The second-order valence-electron chi connectivity index (χ2n) is 9.06. The molecule has 2 fully saturated rings. The first-order valence-electron chi connectivity index (χ1n) is 12.0. The molecule has 2 saturated heterocycles. The number of carbonyl (C=O) groups is 2. The Hall–Kier alpha value is -3.06. The number of benzene rings is 2. The number of halogens is 2. The lowest BCUT2D eigenvalue weighted by Crippen LogP contribution is -2.52. The maximum atomic E-state index is 13.3. The number of carbonyl (C=O) groups excluding carboxylic acids is 2. The van der Waals surface area contributed by atoms with Gasteiger partial charge in [-0.1, -0.05) is 30.3 Å². The van der Waals surface area contributed by atoms with Crippen LogP contribution in [0.5, 0.6) is 0 Å². The van der Waals surface area contributed by atoms with Gasteiger partial charge in [0.15, 0.2) is 0 Å². The molecule has 2 aromatic rings. The van der Waals surface area contributed by atoms with Crippen LogP contribution >= 0.6 is 0 Å². The summed E-state index contributed by atoms with van der Waals surface area (Å²) >= 11 is 0. The monoisotopic (exact) mass is 467 g/mol. The molecule has 5 nitrogen and oxygen atoms in total. The van der Waals surface area contributed by atoms with Crippen molar-refractivity contribution < 1.29 is 18.4 Å². The number of piperazine rings is 1. The highest BCUT2D eigenvalue weighted by molar-refractivity contribution is 5.95. The molecule has 0 radical (unpaired) electrons. The van der Waals surface area contributed by atoms with Crippen molar-refractivity contribution in [3.05, 3.63) is 77.4 Å². The van der Waals surface area contributed by atoms with E-state index in [4.69, 9.17) is 0 Å². The van der Waals surface area contributed by atoms with E-state index >= 15 is 0 Å². The summed E-state index contributed by atoms with van der Waals surface area (Å²) in [4.78, 5) is 30.7. The van der Waals surface area contributed by atoms with Crippen molar-refractivity contribution in [2.75, 3.05) is 45.8 Å². The van der Waals surface area contributed by atoms with Crippen molar-refractivity contribution in [2.24, 2.45) is 0 Å². The zero-order chi connectivity index (χ0) is 23.9. The molecular formula is C27H31F2N3O2. The van der Waals surface area contributed by atoms with Gasteiger partial charge in [-0.3, -0.25) is 9.59 Å². The molecule has 0 atom stereocenters. The van der Waals surface area contributed by atoms with Crippen LogP contribution in [-0.2, 0) is 9.59 Å². The van der Waals surface area contributed by atoms with E-state index in [1.165, 1.54) is 35.5 Å². The van der Waals surface area contributed by atoms with Gasteiger partial charge in [-0.25, -0.2) is 8.78 Å². The number of hydrogen-bond donors (Lipinski definition) is 0. The van der Waals surface area contributed by atoms with Crippen LogP contribution in [0.3, 0.4) is 0 Å². The van der Waals surface area contributed by atoms with Gasteiger partial charge in [0.25, 0.3) is 0 Å². The van der Waals surface area contributed by atoms with Crippen LogP contribution < -0.4 is 0 Å². The predicted octanol–water partition coefficient (Wildman–Crippen LogP) is 3.92. The molecular weight excluding hydrogens is 436 g/mol. The van der Waals surface area contributed by atoms with Crippen molar-refractivity contribution in [3.63, 3.8) is 0 Å². The van der Waals surface area contributed by atoms with Crippen LogP contribution in [0, 0.1) is 11.6 Å². The minimum absolute atomic E-state index is 0.0309. The Morgan fingerprint density at radius 1 is 0.941 bits per heavy atom. The molecule has 2 amide bonds. The lowest BCUT2D eigenvalue weighted by molar-refractivity contribution is -0.142. The molecule has 4 rings (SSSR count). The van der Waals surface area contributed by atoms with Gasteiger partial charge in [-0.2, -0.15) is 0 Å². The molecule has 34 heavy (non-hydrogen) atoms. The van der Waals surface area contributed by atoms with Crippen LogP contribution in [0.4, 0.5) is 8.78 Å². The first kappa shape index (κ1) is 24.1. The zero-order valence-corrected chi connectivity index (χ0v) is 19.3. The number of hydrogen-bond acceptors (Lipinski definition) is 3. The molecule has 7 heteroatoms. The highest BCUT2D eigenvalue weighted by Gasteiger charge is 2.26. The third-order valence-electron chi connectivity index (χ3n) is 6.69. The quantitative estimate of drug-likeness (QED) is 0.580. The Kier molecular flexibility index (Phi) is 8.06. The van der Waals surface area contributed by atoms with E-state index in [2.05, 4.69) is 35.2 Å². The van der Waals surface area contributed by atoms with E-state index in [1.54, 1.807) is 0 Å². The zero-order valence-electron chi connectivity index (χ0n) is 19.3. The Labute approximate surface area is 199 Å². The Morgan fingerprint density at radius 3 is 2.32 bits per heavy atom. The van der Waals surface area contributed by atoms with Crippen LogP contribution in [0.25, 0.3) is 6.08 Å². The second-order valence-corrected chi connectivity index (χ2v) is 9.06. The molecule has 0 N–H and O–H groups in total. The number of likely N-dealkylation sites (tertiary alicyclic amines) is 1. The molecule has 2 heterocycles. The summed E-state index contributed by atoms with van der Waals surface area (Å²) in [6, 6.07) is 13.8. The minimum atomic E-state index is -0.698. The van der Waals surface area contributed by atoms with E-state index in [0.29, 0.717) is 25.6 Å². The third kappa shape index (κ3) is 6.50. The maximum absolute atomic E-state index is 13.3. The Bertz CT molecular complexity index is 1000. The summed E-state index contributed by atoms with van der Waals surface area (Å²) in [6.07, 6.45) is 5.88. The smallest absolute Gasteiger partial charge is 0.247 e. The van der Waals surface area contributed by atoms with E-state index in [1.807, 2.05) is 4.90 Å². The van der Waals surface area contributed by atoms with Gasteiger partial charge < -0.3 is 14.7 Å². The normalized spacial score (nSPS) is 18.1. The van der Waals surface area contributed by atoms with E-state index in [0.717, 1.165) is 44.3 Å². The van der Waals surface area contributed by atoms with Gasteiger partial charge in [0.05, 0.1) is 0 Å². The fraction of sp³-hybridized carbons (Fsp3) is 0.407. The molecule has 0 bridgehead atoms. The third-order valence-corrected chi connectivity index (χ3v) is 6.69. The van der Waals surface area contributed by atoms with Gasteiger partial charge in [0.2, 0.25) is 11.8 Å². The van der Waals surface area contributed by atoms with Gasteiger partial charge in [-0.15, -0.1) is 0 Å². The summed E-state index contributed by atoms with van der Waals surface area (Å²) in [7, 11) is 0. The van der Waals surface area contributed by atoms with Crippen LogP contribution in [0.1, 0.15) is 36.3 Å². The molecule has 0 aliphatic carbocycles. The van der Waals surface area contributed by atoms with E-state index < -0.39 is 11.6 Å². The molecule has 180 valence electrons. The standard InChI is InChI=1S/C27H31F2N3O2/c28-24-17-21(18-25(29)19-24)7-8-26(33)32-16-15-31(27(34)20-32)12-4-11-30-13-9-23(10-14-30)22-5-2-1-3-6-22/h1-3,5-8,17-19,23H,4,9-16,20H2/b8-7+. The lowest BCUT2D eigenvalue weighted by atomic mass is 9.89. The second kappa shape index (κ2) is 11.4. The molecule has 2 aliphatic rings. The summed E-state index contributed by atoms with van der Waals surface area (Å²) < 4.78 is 26.6. The number of piperidine rings is 1. The molecule has 0 aromatic heterocycles. The summed E-state index contributed by atoms with van der Waals surface area (Å²) in [5, 5.41) is 0. The number of rotatable bonds is 7. The number of amides is 2. The minimum Gasteiger partial charge on any atom is -0.339 e. The molecule has 2 aliphatic heterocycles. The summed E-state index contributed by atoms with van der Waals surface area (Å²) in [5.41, 5.74) is 1.70. The Balaban J connectivity index is 1.17. The van der Waals surface area contributed by atoms with Crippen LogP contribution in [0.2, 0.25) is 0 Å². The number of nitrogens with zero attached hydrogens (tertiary/aromatic N) is 3. The average molecular weight is 468 g/mol. The maximum Gasteiger partial charge on any atom is 0.247 e. The highest BCUT2D eigenvalue weighted by Crippen LogP contribution is 2.27. The van der Waals surface area contributed by atoms with E-state index in [-0.39, 0.29) is 23.9 Å². The van der Waals surface area contributed by atoms with Crippen molar-refractivity contribution in [3.8, 4) is 0 Å².